The van der Waals surface area contributed by atoms with Gasteiger partial charge in [0.25, 0.3) is 0 Å². The lowest BCUT2D eigenvalue weighted by Gasteiger charge is -2.33. The normalized spacial score (nSPS) is 13.9. The van der Waals surface area contributed by atoms with Gasteiger partial charge in [0.15, 0.2) is 0 Å². The lowest BCUT2D eigenvalue weighted by molar-refractivity contribution is 0.769. The van der Waals surface area contributed by atoms with Crippen molar-refractivity contribution in [3.63, 3.8) is 0 Å². The van der Waals surface area contributed by atoms with Crippen molar-refractivity contribution in [3.8, 4) is 22.3 Å². The molecule has 10 aromatic carbocycles. The van der Waals surface area contributed by atoms with E-state index in [0.29, 0.717) is 0 Å². The summed E-state index contributed by atoms with van der Waals surface area (Å²) in [6, 6.07) is 86.2. The molecule has 2 aliphatic carbocycles. The van der Waals surface area contributed by atoms with Crippen LogP contribution in [0.2, 0.25) is 0 Å². The van der Waals surface area contributed by atoms with Crippen LogP contribution in [-0.2, 0) is 10.8 Å². The number of benzene rings is 10. The molecule has 0 unspecified atom stereocenters. The van der Waals surface area contributed by atoms with E-state index in [1.807, 2.05) is 0 Å². The molecule has 0 aliphatic heterocycles. The molecule has 2 aliphatic rings. The molecule has 0 amide bonds. The van der Waals surface area contributed by atoms with Crippen LogP contribution < -0.4 is 0 Å². The second kappa shape index (κ2) is 14.7. The van der Waals surface area contributed by atoms with Crippen LogP contribution in [0, 0.1) is 0 Å². The van der Waals surface area contributed by atoms with Crippen LogP contribution in [0.3, 0.4) is 0 Å². The van der Waals surface area contributed by atoms with Crippen molar-refractivity contribution in [3.05, 3.63) is 286 Å². The lowest BCUT2D eigenvalue weighted by atomic mass is 9.67. The molecule has 3 heteroatoms. The van der Waals surface area contributed by atoms with Crippen LogP contribution in [0.15, 0.2) is 241 Å². The first-order valence-electron chi connectivity index (χ1n) is 22.4. The minimum absolute atomic E-state index is 0.347. The van der Waals surface area contributed by atoms with Crippen LogP contribution in [0.5, 0.6) is 0 Å². The molecule has 0 atom stereocenters. The van der Waals surface area contributed by atoms with E-state index in [1.54, 1.807) is 0 Å². The van der Waals surface area contributed by atoms with Crippen molar-refractivity contribution < 1.29 is 0 Å². The first-order valence-corrected chi connectivity index (χ1v) is 23.2. The van der Waals surface area contributed by atoms with E-state index in [0.717, 1.165) is 9.99 Å². The molecule has 65 heavy (non-hydrogen) atoms. The van der Waals surface area contributed by atoms with Gasteiger partial charge in [0, 0.05) is 48.1 Å². The Balaban J connectivity index is 0.000000130. The molecular weight excluding hydrogens is 853 g/mol. The molecule has 0 saturated heterocycles. The molecule has 12 aromatic rings. The Bertz CT molecular complexity index is 3690. The summed E-state index contributed by atoms with van der Waals surface area (Å²) in [5, 5.41) is 5.07. The van der Waals surface area contributed by atoms with Crippen LogP contribution >= 0.6 is 15.9 Å². The number of halogens is 1. The molecule has 0 radical (unpaired) electrons. The topological polar surface area (TPSA) is 31.6 Å². The number of hydrogen-bond acceptors (Lipinski definition) is 0. The van der Waals surface area contributed by atoms with Gasteiger partial charge in [-0.1, -0.05) is 204 Å². The SMILES string of the molecule is Brc1ccc2[nH]c3cc4c(cc3c2c1)-c1ccccc1C4(c1ccccc1)c1ccccc1.c1ccc(C2(c3ccccc3)c3ccccc3-c3cc4c(cc32)[nH]c2ccccc24)cc1. The molecule has 14 rings (SSSR count). The van der Waals surface area contributed by atoms with Gasteiger partial charge in [-0.25, -0.2) is 0 Å². The minimum atomic E-state index is -0.361. The van der Waals surface area contributed by atoms with Gasteiger partial charge in [0.05, 0.1) is 10.8 Å². The Hall–Kier alpha value is -7.72. The predicted molar refractivity (Wildman–Crippen MR) is 274 cm³/mol. The number of rotatable bonds is 4. The Kier molecular flexibility index (Phi) is 8.53. The van der Waals surface area contributed by atoms with Gasteiger partial charge in [-0.2, -0.15) is 0 Å². The highest BCUT2D eigenvalue weighted by Gasteiger charge is 2.47. The van der Waals surface area contributed by atoms with Crippen LogP contribution in [0.25, 0.3) is 65.9 Å². The number of aromatic nitrogens is 2. The summed E-state index contributed by atoms with van der Waals surface area (Å²) in [7, 11) is 0. The maximum atomic E-state index is 3.68. The summed E-state index contributed by atoms with van der Waals surface area (Å²) in [4.78, 5) is 7.36. The lowest BCUT2D eigenvalue weighted by Crippen LogP contribution is -2.28. The Morgan fingerprint density at radius 2 is 0.631 bits per heavy atom. The maximum absolute atomic E-state index is 3.68. The summed E-state index contributed by atoms with van der Waals surface area (Å²) < 4.78 is 1.10. The highest BCUT2D eigenvalue weighted by molar-refractivity contribution is 9.10. The van der Waals surface area contributed by atoms with Gasteiger partial charge < -0.3 is 9.97 Å². The molecule has 2 N–H and O–H groups in total. The second-order valence-corrected chi connectivity index (χ2v) is 18.3. The highest BCUT2D eigenvalue weighted by atomic mass is 79.9. The van der Waals surface area contributed by atoms with Gasteiger partial charge in [-0.05, 0) is 115 Å². The van der Waals surface area contributed by atoms with E-state index in [-0.39, 0.29) is 10.8 Å². The standard InChI is InChI=1S/C31H20BrN.C31H21N/c32-22-15-16-29-25(17-22)26-18-24-23-13-7-8-14-27(23)31(20-9-3-1-4-10-20,21-11-5-2-6-12-21)28(24)19-30(26)33-29;1-3-11-21(12-4-1)31(22-13-5-2-6-14-22)27-17-9-7-15-23(27)25-19-26-24-16-8-10-18-29(24)32-30(26)20-28(25)31/h1-19,33H;1-20,32H. The fourth-order valence-corrected chi connectivity index (χ4v) is 12.0. The summed E-state index contributed by atoms with van der Waals surface area (Å²) in [5.74, 6) is 0. The van der Waals surface area contributed by atoms with E-state index >= 15 is 0 Å². The Morgan fingerprint density at radius 1 is 0.262 bits per heavy atom. The van der Waals surface area contributed by atoms with Crippen molar-refractivity contribution in [2.45, 2.75) is 10.8 Å². The fourth-order valence-electron chi connectivity index (χ4n) is 11.6. The zero-order valence-corrected chi connectivity index (χ0v) is 37.0. The second-order valence-electron chi connectivity index (χ2n) is 17.4. The van der Waals surface area contributed by atoms with Crippen LogP contribution in [0.4, 0.5) is 0 Å². The number of H-pyrrole nitrogens is 2. The molecule has 2 aromatic heterocycles. The molecular formula is C62H41BrN2. The molecule has 0 bridgehead atoms. The average molecular weight is 894 g/mol. The molecule has 2 nitrogen and oxygen atoms in total. The predicted octanol–water partition coefficient (Wildman–Crippen LogP) is 16.1. The van der Waals surface area contributed by atoms with E-state index in [1.165, 1.54) is 105 Å². The van der Waals surface area contributed by atoms with Gasteiger partial charge in [0.2, 0.25) is 0 Å². The van der Waals surface area contributed by atoms with Crippen LogP contribution in [0.1, 0.15) is 44.5 Å². The molecule has 306 valence electrons. The largest absolute Gasteiger partial charge is 0.355 e. The molecule has 2 heterocycles. The van der Waals surface area contributed by atoms with Crippen molar-refractivity contribution in [1.82, 2.24) is 9.97 Å². The van der Waals surface area contributed by atoms with Crippen LogP contribution in [-0.4, -0.2) is 9.97 Å². The van der Waals surface area contributed by atoms with Gasteiger partial charge in [-0.3, -0.25) is 0 Å². The van der Waals surface area contributed by atoms with E-state index in [9.17, 15) is 0 Å². The van der Waals surface area contributed by atoms with Crippen molar-refractivity contribution in [2.75, 3.05) is 0 Å². The van der Waals surface area contributed by atoms with Gasteiger partial charge in [-0.15, -0.1) is 0 Å². The maximum Gasteiger partial charge on any atom is 0.0714 e. The fraction of sp³-hybridized carbons (Fsp3) is 0.0323. The zero-order chi connectivity index (χ0) is 43.1. The van der Waals surface area contributed by atoms with Crippen molar-refractivity contribution >= 4 is 59.5 Å². The molecule has 0 spiro atoms. The Morgan fingerprint density at radius 3 is 1.11 bits per heavy atom. The van der Waals surface area contributed by atoms with Gasteiger partial charge in [0.1, 0.15) is 0 Å². The monoisotopic (exact) mass is 892 g/mol. The first-order chi connectivity index (χ1) is 32.1. The summed E-state index contributed by atoms with van der Waals surface area (Å²) in [6.45, 7) is 0. The third kappa shape index (κ3) is 5.46. The molecule has 0 fully saturated rings. The smallest absolute Gasteiger partial charge is 0.0714 e. The highest BCUT2D eigenvalue weighted by Crippen LogP contribution is 2.58. The minimum Gasteiger partial charge on any atom is -0.355 e. The van der Waals surface area contributed by atoms with E-state index < -0.39 is 0 Å². The van der Waals surface area contributed by atoms with Crippen molar-refractivity contribution in [2.24, 2.45) is 0 Å². The summed E-state index contributed by atoms with van der Waals surface area (Å²) in [6.07, 6.45) is 0. The number of para-hydroxylation sites is 1. The number of hydrogen-bond donors (Lipinski definition) is 2. The molecule has 0 saturated carbocycles. The Labute approximate surface area is 386 Å². The summed E-state index contributed by atoms with van der Waals surface area (Å²) >= 11 is 3.66. The average Bonchev–Trinajstić information content (AvgIpc) is 4.09. The zero-order valence-electron chi connectivity index (χ0n) is 35.4. The van der Waals surface area contributed by atoms with E-state index in [4.69, 9.17) is 0 Å². The van der Waals surface area contributed by atoms with Crippen molar-refractivity contribution in [1.29, 1.82) is 0 Å². The summed E-state index contributed by atoms with van der Waals surface area (Å²) in [5.41, 5.74) is 19.8. The van der Waals surface area contributed by atoms with Gasteiger partial charge >= 0.3 is 0 Å². The first kappa shape index (κ1) is 37.8. The quantitative estimate of drug-likeness (QED) is 0.176. The third-order valence-corrected chi connectivity index (χ3v) is 14.7. The number of nitrogens with one attached hydrogen (secondary N) is 2. The number of aromatic amines is 2. The number of fused-ring (bicyclic) bond motifs is 12. The third-order valence-electron chi connectivity index (χ3n) is 14.2. The van der Waals surface area contributed by atoms with E-state index in [2.05, 4.69) is 262 Å².